The Balaban J connectivity index is 2.48. The summed E-state index contributed by atoms with van der Waals surface area (Å²) < 4.78 is 0.970. The molecule has 2 heterocycles. The van der Waals surface area contributed by atoms with Crippen LogP contribution in [0.4, 0.5) is 4.79 Å². The number of β-amino-alcohol motifs (C(OH)–C–C–N with tert-alkyl or cyclic N) is 1. The van der Waals surface area contributed by atoms with Gasteiger partial charge >= 0.3 is 17.8 Å². The van der Waals surface area contributed by atoms with E-state index >= 15 is 0 Å². The molecule has 0 bridgehead atoms. The van der Waals surface area contributed by atoms with Gasteiger partial charge in [0.15, 0.2) is 0 Å². The van der Waals surface area contributed by atoms with Gasteiger partial charge < -0.3 is 20.3 Å². The molecule has 21 heavy (non-hydrogen) atoms. The number of hydrogen-bond donors (Lipinski definition) is 2. The maximum atomic E-state index is 12.2. The van der Waals surface area contributed by atoms with Crippen LogP contribution in [0.15, 0.2) is 4.99 Å². The fraction of sp³-hybridized carbons (Fsp3) is 0.600. The molecule has 2 atom stereocenters. The van der Waals surface area contributed by atoms with Crippen molar-refractivity contribution in [1.82, 2.24) is 9.80 Å². The van der Waals surface area contributed by atoms with Crippen molar-refractivity contribution in [2.75, 3.05) is 27.2 Å². The molecule has 1 fully saturated rings. The van der Waals surface area contributed by atoms with Gasteiger partial charge in [0, 0.05) is 14.1 Å². The number of imide groups is 1. The van der Waals surface area contributed by atoms with Crippen molar-refractivity contribution in [3.05, 3.63) is 10.1 Å². The van der Waals surface area contributed by atoms with Gasteiger partial charge in [0.1, 0.15) is 12.6 Å². The zero-order chi connectivity index (χ0) is 15.9. The largest absolute Gasteiger partial charge is 0.626 e. The average Bonchev–Trinajstić information content (AvgIpc) is 2.82. The van der Waals surface area contributed by atoms with Gasteiger partial charge in [-0.2, -0.15) is 4.58 Å². The van der Waals surface area contributed by atoms with Crippen molar-refractivity contribution in [3.63, 3.8) is 0 Å². The van der Waals surface area contributed by atoms with E-state index in [1.807, 2.05) is 0 Å². The van der Waals surface area contributed by atoms with Gasteiger partial charge in [-0.05, 0) is 0 Å². The van der Waals surface area contributed by atoms with Crippen molar-refractivity contribution in [2.24, 2.45) is 4.99 Å². The van der Waals surface area contributed by atoms with Crippen LogP contribution in [0.1, 0.15) is 0 Å². The monoisotopic (exact) mass is 300 g/mol. The average molecular weight is 300 g/mol. The van der Waals surface area contributed by atoms with Gasteiger partial charge in [-0.15, -0.1) is 0 Å². The highest BCUT2D eigenvalue weighted by Gasteiger charge is 2.58. The van der Waals surface area contributed by atoms with Crippen molar-refractivity contribution in [2.45, 2.75) is 12.1 Å². The number of likely N-dealkylation sites (N-methyl/N-ethyl adjacent to an activating group) is 2. The van der Waals surface area contributed by atoms with E-state index < -0.39 is 41.6 Å². The van der Waals surface area contributed by atoms with E-state index in [0.717, 1.165) is 14.4 Å². The third kappa shape index (κ3) is 2.25. The molecule has 0 radical (unpaired) electrons. The molecule has 114 valence electrons. The molecule has 0 spiro atoms. The van der Waals surface area contributed by atoms with Crippen LogP contribution in [-0.4, -0.2) is 92.6 Å². The molecule has 2 aliphatic heterocycles. The number of aliphatic imine (C=N–C) groups is 1. The zero-order valence-corrected chi connectivity index (χ0v) is 11.3. The number of hydrogen-bond acceptors (Lipinski definition) is 7. The summed E-state index contributed by atoms with van der Waals surface area (Å²) in [7, 11) is 2.60. The minimum Gasteiger partial charge on any atom is -0.393 e. The molecule has 0 aromatic heterocycles. The number of nitro groups is 1. The van der Waals surface area contributed by atoms with Crippen LogP contribution >= 0.6 is 0 Å². The second-order valence-electron chi connectivity index (χ2n) is 4.66. The van der Waals surface area contributed by atoms with E-state index in [0.29, 0.717) is 0 Å². The Morgan fingerprint density at radius 3 is 2.57 bits per heavy atom. The molecule has 0 saturated carbocycles. The quantitative estimate of drug-likeness (QED) is 0.330. The summed E-state index contributed by atoms with van der Waals surface area (Å²) in [5, 5.41) is 29.4. The third-order valence-electron chi connectivity index (χ3n) is 3.29. The van der Waals surface area contributed by atoms with Gasteiger partial charge in [0.2, 0.25) is 0 Å². The zero-order valence-electron chi connectivity index (χ0n) is 11.3. The van der Waals surface area contributed by atoms with Crippen molar-refractivity contribution in [3.8, 4) is 0 Å². The Bertz CT molecular complexity index is 584. The molecule has 0 aromatic rings. The number of carbonyl (C=O) groups excluding carboxylic acids is 2. The standard InChI is InChI=1S/C10H14N5O6/c1-12-7-6(8(18)13(2)10(12)19)14(3-5(17)4-16)9(11-7)15(20)21/h5-6,16-17H,3-4H2,1-2H3/q+1. The topological polar surface area (TPSA) is 140 Å². The fourth-order valence-corrected chi connectivity index (χ4v) is 2.20. The van der Waals surface area contributed by atoms with Gasteiger partial charge in [-0.1, -0.05) is 0 Å². The first-order valence-corrected chi connectivity index (χ1v) is 6.00. The molecule has 11 nitrogen and oxygen atoms in total. The molecule has 11 heteroatoms. The van der Waals surface area contributed by atoms with E-state index in [4.69, 9.17) is 5.11 Å². The number of guanidine groups is 1. The summed E-state index contributed by atoms with van der Waals surface area (Å²) in [6.45, 7) is -0.978. The Morgan fingerprint density at radius 1 is 1.43 bits per heavy atom. The van der Waals surface area contributed by atoms with Crippen LogP contribution in [0, 0.1) is 10.1 Å². The second-order valence-corrected chi connectivity index (χ2v) is 4.66. The molecule has 1 saturated heterocycles. The van der Waals surface area contributed by atoms with E-state index in [2.05, 4.69) is 4.99 Å². The normalized spacial score (nSPS) is 23.4. The number of urea groups is 1. The number of fused-ring (bicyclic) bond motifs is 1. The Morgan fingerprint density at radius 2 is 2.05 bits per heavy atom. The summed E-state index contributed by atoms with van der Waals surface area (Å²) in [4.78, 5) is 39.8. The van der Waals surface area contributed by atoms with Crippen LogP contribution in [0.3, 0.4) is 0 Å². The molecule has 0 aliphatic carbocycles. The van der Waals surface area contributed by atoms with Crippen LogP contribution < -0.4 is 0 Å². The molecule has 3 amide bonds. The Hall–Kier alpha value is -2.40. The molecule has 2 aliphatic rings. The predicted molar refractivity (Wildman–Crippen MR) is 67.4 cm³/mol. The van der Waals surface area contributed by atoms with Crippen LogP contribution in [0.5, 0.6) is 0 Å². The number of amidine groups is 1. The minimum atomic E-state index is -1.28. The highest BCUT2D eigenvalue weighted by atomic mass is 16.6. The van der Waals surface area contributed by atoms with E-state index in [1.165, 1.54) is 14.1 Å². The molecule has 2 N–H and O–H groups in total. The van der Waals surface area contributed by atoms with Crippen molar-refractivity contribution >= 4 is 23.7 Å². The number of amides is 3. The lowest BCUT2D eigenvalue weighted by atomic mass is 10.1. The summed E-state index contributed by atoms with van der Waals surface area (Å²) in [6.07, 6.45) is -1.28. The summed E-state index contributed by atoms with van der Waals surface area (Å²) >= 11 is 0. The van der Waals surface area contributed by atoms with Crippen LogP contribution in [-0.2, 0) is 4.79 Å². The maximum Gasteiger partial charge on any atom is 0.626 e. The molecule has 2 unspecified atom stereocenters. The lowest BCUT2D eigenvalue weighted by molar-refractivity contribution is -0.586. The smallest absolute Gasteiger partial charge is 0.393 e. The molecule has 2 rings (SSSR count). The lowest BCUT2D eigenvalue weighted by Gasteiger charge is -2.29. The third-order valence-corrected chi connectivity index (χ3v) is 3.29. The van der Waals surface area contributed by atoms with E-state index in [9.17, 15) is 24.8 Å². The number of nitrogens with zero attached hydrogens (tertiary/aromatic N) is 5. The SMILES string of the molecule is CN1C(=O)C2C(=NC([N+](=O)[O-])=[N+]2CC(O)CO)N(C)C1=O. The van der Waals surface area contributed by atoms with Gasteiger partial charge in [-0.3, -0.25) is 14.6 Å². The van der Waals surface area contributed by atoms with Crippen LogP contribution in [0.2, 0.25) is 0 Å². The van der Waals surface area contributed by atoms with Crippen molar-refractivity contribution < 1.29 is 29.3 Å². The first-order chi connectivity index (χ1) is 9.79. The number of rotatable bonds is 3. The van der Waals surface area contributed by atoms with Gasteiger partial charge in [0.05, 0.1) is 16.5 Å². The highest BCUT2D eigenvalue weighted by molar-refractivity contribution is 6.22. The number of carbonyl (C=O) groups is 2. The predicted octanol–water partition coefficient (Wildman–Crippen LogP) is -2.71. The maximum absolute atomic E-state index is 12.2. The van der Waals surface area contributed by atoms with E-state index in [-0.39, 0.29) is 12.4 Å². The number of aliphatic hydroxyl groups is 2. The van der Waals surface area contributed by atoms with Gasteiger partial charge in [-0.25, -0.2) is 4.79 Å². The summed E-state index contributed by atoms with van der Waals surface area (Å²) in [5.74, 6) is -1.40. The fourth-order valence-electron chi connectivity index (χ4n) is 2.20. The lowest BCUT2D eigenvalue weighted by Crippen LogP contribution is -2.62. The Labute approximate surface area is 118 Å². The van der Waals surface area contributed by atoms with E-state index in [1.54, 1.807) is 0 Å². The first-order valence-electron chi connectivity index (χ1n) is 6.00. The minimum absolute atomic E-state index is 0.0695. The second kappa shape index (κ2) is 5.18. The van der Waals surface area contributed by atoms with Crippen molar-refractivity contribution in [1.29, 1.82) is 0 Å². The Kier molecular flexibility index (Phi) is 3.70. The first kappa shape index (κ1) is 15.0. The molecular formula is C10H14N5O6+. The summed E-state index contributed by atoms with van der Waals surface area (Å²) in [6, 6.07) is -1.82. The summed E-state index contributed by atoms with van der Waals surface area (Å²) in [5.41, 5.74) is 0. The highest BCUT2D eigenvalue weighted by Crippen LogP contribution is 2.19. The number of aliphatic hydroxyl groups excluding tert-OH is 2. The van der Waals surface area contributed by atoms with Crippen LogP contribution in [0.25, 0.3) is 0 Å². The van der Waals surface area contributed by atoms with Gasteiger partial charge in [0.25, 0.3) is 11.9 Å². The molecule has 0 aromatic carbocycles. The molecular weight excluding hydrogens is 286 g/mol.